The van der Waals surface area contributed by atoms with Crippen molar-refractivity contribution in [3.05, 3.63) is 65.4 Å². The standard InChI is InChI=1S/C21H25ClN6/c1-28(2)12-6-11-24-21-26-19(17-8-5-10-23-14-17)13-20(27-21)25-15-16-7-3-4-9-18(16)22/h3-5,7-10,13-14H,6,11-12,15H2,1-2H3,(H2,24,25,26,27). The van der Waals surface area contributed by atoms with Gasteiger partial charge in [-0.1, -0.05) is 29.8 Å². The predicted molar refractivity (Wildman–Crippen MR) is 116 cm³/mol. The van der Waals surface area contributed by atoms with Crippen LogP contribution in [-0.4, -0.2) is 47.0 Å². The third-order valence-corrected chi connectivity index (χ3v) is 4.54. The molecule has 2 N–H and O–H groups in total. The average molecular weight is 397 g/mol. The van der Waals surface area contributed by atoms with Crippen LogP contribution in [0, 0.1) is 0 Å². The maximum atomic E-state index is 6.26. The topological polar surface area (TPSA) is 66.0 Å². The molecule has 1 aromatic carbocycles. The van der Waals surface area contributed by atoms with Gasteiger partial charge in [-0.05, 0) is 50.8 Å². The fourth-order valence-corrected chi connectivity index (χ4v) is 2.90. The Morgan fingerprint density at radius 2 is 1.89 bits per heavy atom. The summed E-state index contributed by atoms with van der Waals surface area (Å²) in [6.07, 6.45) is 4.56. The molecule has 0 aliphatic heterocycles. The molecule has 3 rings (SSSR count). The Bertz CT molecular complexity index is 885. The summed E-state index contributed by atoms with van der Waals surface area (Å²) in [7, 11) is 4.13. The van der Waals surface area contributed by atoms with E-state index >= 15 is 0 Å². The van der Waals surface area contributed by atoms with E-state index in [1.165, 1.54) is 0 Å². The summed E-state index contributed by atoms with van der Waals surface area (Å²) in [5.41, 5.74) is 2.79. The van der Waals surface area contributed by atoms with E-state index in [1.807, 2.05) is 42.5 Å². The van der Waals surface area contributed by atoms with Gasteiger partial charge < -0.3 is 15.5 Å². The van der Waals surface area contributed by atoms with E-state index < -0.39 is 0 Å². The van der Waals surface area contributed by atoms with Crippen molar-refractivity contribution in [2.24, 2.45) is 0 Å². The molecule has 0 amide bonds. The average Bonchev–Trinajstić information content (AvgIpc) is 2.71. The molecule has 0 radical (unpaired) electrons. The van der Waals surface area contributed by atoms with E-state index in [1.54, 1.807) is 12.4 Å². The highest BCUT2D eigenvalue weighted by molar-refractivity contribution is 6.31. The van der Waals surface area contributed by atoms with Gasteiger partial charge in [-0.3, -0.25) is 4.98 Å². The smallest absolute Gasteiger partial charge is 0.225 e. The molecular formula is C21H25ClN6. The third-order valence-electron chi connectivity index (χ3n) is 4.17. The van der Waals surface area contributed by atoms with Gasteiger partial charge in [0, 0.05) is 42.1 Å². The lowest BCUT2D eigenvalue weighted by atomic mass is 10.2. The number of halogens is 1. The highest BCUT2D eigenvalue weighted by Crippen LogP contribution is 2.22. The molecule has 0 aliphatic carbocycles. The van der Waals surface area contributed by atoms with Crippen molar-refractivity contribution >= 4 is 23.4 Å². The van der Waals surface area contributed by atoms with E-state index in [2.05, 4.69) is 44.6 Å². The maximum Gasteiger partial charge on any atom is 0.225 e. The fourth-order valence-electron chi connectivity index (χ4n) is 2.70. The minimum absolute atomic E-state index is 0.587. The second kappa shape index (κ2) is 10.0. The summed E-state index contributed by atoms with van der Waals surface area (Å²) in [4.78, 5) is 15.6. The van der Waals surface area contributed by atoms with Crippen LogP contribution < -0.4 is 10.6 Å². The zero-order valence-electron chi connectivity index (χ0n) is 16.2. The summed E-state index contributed by atoms with van der Waals surface area (Å²) in [5.74, 6) is 1.34. The number of rotatable bonds is 9. The van der Waals surface area contributed by atoms with E-state index in [9.17, 15) is 0 Å². The first-order valence-corrected chi connectivity index (χ1v) is 9.65. The third kappa shape index (κ3) is 5.90. The molecule has 0 atom stereocenters. The molecule has 6 nitrogen and oxygen atoms in total. The van der Waals surface area contributed by atoms with Crippen LogP contribution in [0.2, 0.25) is 5.02 Å². The molecule has 0 saturated heterocycles. The van der Waals surface area contributed by atoms with Crippen LogP contribution in [0.5, 0.6) is 0 Å². The molecule has 0 unspecified atom stereocenters. The van der Waals surface area contributed by atoms with Crippen LogP contribution in [0.3, 0.4) is 0 Å². The summed E-state index contributed by atoms with van der Waals surface area (Å²) in [5, 5.41) is 7.42. The number of hydrogen-bond donors (Lipinski definition) is 2. The van der Waals surface area contributed by atoms with E-state index in [0.717, 1.165) is 47.2 Å². The van der Waals surface area contributed by atoms with Crippen LogP contribution in [0.25, 0.3) is 11.3 Å². The normalized spacial score (nSPS) is 10.9. The molecule has 0 saturated carbocycles. The summed E-state index contributed by atoms with van der Waals surface area (Å²) >= 11 is 6.26. The van der Waals surface area contributed by atoms with Crippen molar-refractivity contribution in [3.63, 3.8) is 0 Å². The monoisotopic (exact) mass is 396 g/mol. The molecule has 3 aromatic rings. The largest absolute Gasteiger partial charge is 0.366 e. The highest BCUT2D eigenvalue weighted by Gasteiger charge is 2.08. The molecule has 0 aliphatic rings. The van der Waals surface area contributed by atoms with Crippen molar-refractivity contribution in [1.82, 2.24) is 19.9 Å². The lowest BCUT2D eigenvalue weighted by Gasteiger charge is -2.13. The van der Waals surface area contributed by atoms with Gasteiger partial charge in [0.2, 0.25) is 5.95 Å². The van der Waals surface area contributed by atoms with E-state index in [4.69, 9.17) is 11.6 Å². The van der Waals surface area contributed by atoms with Crippen molar-refractivity contribution < 1.29 is 0 Å². The Morgan fingerprint density at radius 1 is 1.04 bits per heavy atom. The summed E-state index contributed by atoms with van der Waals surface area (Å²) in [6, 6.07) is 13.6. The second-order valence-corrected chi connectivity index (χ2v) is 7.14. The lowest BCUT2D eigenvalue weighted by molar-refractivity contribution is 0.405. The first-order valence-electron chi connectivity index (χ1n) is 9.27. The predicted octanol–water partition coefficient (Wildman–Crippen LogP) is 4.17. The molecular weight excluding hydrogens is 372 g/mol. The van der Waals surface area contributed by atoms with Crippen LogP contribution in [-0.2, 0) is 6.54 Å². The van der Waals surface area contributed by atoms with Gasteiger partial charge in [0.05, 0.1) is 5.69 Å². The fraction of sp³-hybridized carbons (Fsp3) is 0.286. The zero-order chi connectivity index (χ0) is 19.8. The van der Waals surface area contributed by atoms with Gasteiger partial charge >= 0.3 is 0 Å². The summed E-state index contributed by atoms with van der Waals surface area (Å²) < 4.78 is 0. The van der Waals surface area contributed by atoms with Crippen molar-refractivity contribution in [2.45, 2.75) is 13.0 Å². The first-order chi connectivity index (χ1) is 13.6. The van der Waals surface area contributed by atoms with Crippen LogP contribution in [0.15, 0.2) is 54.9 Å². The molecule has 0 fully saturated rings. The van der Waals surface area contributed by atoms with E-state index in [-0.39, 0.29) is 0 Å². The number of nitrogens with zero attached hydrogens (tertiary/aromatic N) is 4. The van der Waals surface area contributed by atoms with Gasteiger partial charge in [0.15, 0.2) is 0 Å². The van der Waals surface area contributed by atoms with Gasteiger partial charge in [0.1, 0.15) is 5.82 Å². The molecule has 146 valence electrons. The van der Waals surface area contributed by atoms with Crippen LogP contribution in [0.1, 0.15) is 12.0 Å². The van der Waals surface area contributed by atoms with Crippen molar-refractivity contribution in [1.29, 1.82) is 0 Å². The Hall–Kier alpha value is -2.70. The van der Waals surface area contributed by atoms with Gasteiger partial charge in [-0.25, -0.2) is 4.98 Å². The highest BCUT2D eigenvalue weighted by atomic mass is 35.5. The first kappa shape index (κ1) is 20.0. The molecule has 0 bridgehead atoms. The number of benzene rings is 1. The van der Waals surface area contributed by atoms with Crippen molar-refractivity contribution in [3.8, 4) is 11.3 Å². The summed E-state index contributed by atoms with van der Waals surface area (Å²) in [6.45, 7) is 2.40. The Balaban J connectivity index is 1.77. The SMILES string of the molecule is CN(C)CCCNc1nc(NCc2ccccc2Cl)cc(-c2cccnc2)n1. The molecule has 2 aromatic heterocycles. The number of hydrogen-bond acceptors (Lipinski definition) is 6. The minimum Gasteiger partial charge on any atom is -0.366 e. The van der Waals surface area contributed by atoms with Crippen LogP contribution >= 0.6 is 11.6 Å². The zero-order valence-corrected chi connectivity index (χ0v) is 16.9. The Kier molecular flexibility index (Phi) is 7.17. The minimum atomic E-state index is 0.587. The molecule has 7 heteroatoms. The number of anilines is 2. The Morgan fingerprint density at radius 3 is 2.64 bits per heavy atom. The maximum absolute atomic E-state index is 6.26. The van der Waals surface area contributed by atoms with Crippen LogP contribution in [0.4, 0.5) is 11.8 Å². The van der Waals surface area contributed by atoms with Gasteiger partial charge in [-0.15, -0.1) is 0 Å². The number of pyridine rings is 1. The van der Waals surface area contributed by atoms with E-state index in [0.29, 0.717) is 12.5 Å². The quantitative estimate of drug-likeness (QED) is 0.529. The number of aromatic nitrogens is 3. The second-order valence-electron chi connectivity index (χ2n) is 6.73. The molecule has 28 heavy (non-hydrogen) atoms. The molecule has 2 heterocycles. The number of nitrogens with one attached hydrogen (secondary N) is 2. The molecule has 0 spiro atoms. The van der Waals surface area contributed by atoms with Gasteiger partial charge in [0.25, 0.3) is 0 Å². The van der Waals surface area contributed by atoms with Gasteiger partial charge in [-0.2, -0.15) is 4.98 Å². The lowest BCUT2D eigenvalue weighted by Crippen LogP contribution is -2.17. The Labute approximate surface area is 171 Å². The van der Waals surface area contributed by atoms with Crippen molar-refractivity contribution in [2.75, 3.05) is 37.8 Å².